The Hall–Kier alpha value is -3.03. The summed E-state index contributed by atoms with van der Waals surface area (Å²) in [6.45, 7) is 2.16. The zero-order chi connectivity index (χ0) is 23.3. The molecule has 0 saturated carbocycles. The lowest BCUT2D eigenvalue weighted by Crippen LogP contribution is -2.26. The van der Waals surface area contributed by atoms with Crippen molar-refractivity contribution in [3.63, 3.8) is 0 Å². The maximum Gasteiger partial charge on any atom is 0.251 e. The summed E-state index contributed by atoms with van der Waals surface area (Å²) >= 11 is 5.90. The number of halogens is 1. The summed E-state index contributed by atoms with van der Waals surface area (Å²) < 4.78 is 34.4. The maximum atomic E-state index is 12.7. The first-order valence-corrected chi connectivity index (χ1v) is 12.1. The highest BCUT2D eigenvalue weighted by atomic mass is 35.5. The number of methoxy groups -OCH3 is 1. The Kier molecular flexibility index (Phi) is 7.43. The quantitative estimate of drug-likeness (QED) is 0.507. The van der Waals surface area contributed by atoms with Crippen molar-refractivity contribution in [1.82, 2.24) is 5.32 Å². The Morgan fingerprint density at radius 1 is 1.00 bits per heavy atom. The number of hydrogen-bond acceptors (Lipinski definition) is 5. The Bertz CT molecular complexity index is 1190. The minimum absolute atomic E-state index is 0.235. The molecule has 0 heterocycles. The predicted octanol–water partition coefficient (Wildman–Crippen LogP) is 4.82. The molecule has 6 nitrogen and oxygen atoms in total. The summed E-state index contributed by atoms with van der Waals surface area (Å²) in [5.74, 6) is 0.674. The molecule has 1 atom stereocenters. The van der Waals surface area contributed by atoms with Crippen molar-refractivity contribution in [2.24, 2.45) is 0 Å². The molecule has 0 aliphatic heterocycles. The topological polar surface area (TPSA) is 81.7 Å². The van der Waals surface area contributed by atoms with Gasteiger partial charge in [0.25, 0.3) is 5.91 Å². The molecular formula is C24H24ClNO5S. The fraction of sp³-hybridized carbons (Fsp3) is 0.208. The molecule has 1 N–H and O–H groups in total. The van der Waals surface area contributed by atoms with Gasteiger partial charge in [-0.05, 0) is 60.5 Å². The highest BCUT2D eigenvalue weighted by Gasteiger charge is 2.15. The first-order chi connectivity index (χ1) is 15.2. The lowest BCUT2D eigenvalue weighted by atomic mass is 10.1. The van der Waals surface area contributed by atoms with Gasteiger partial charge in [0.2, 0.25) is 0 Å². The monoisotopic (exact) mass is 473 g/mol. The number of rotatable bonds is 8. The van der Waals surface area contributed by atoms with Crippen LogP contribution in [-0.4, -0.2) is 27.7 Å². The van der Waals surface area contributed by atoms with Crippen LogP contribution in [0.4, 0.5) is 0 Å². The molecular weight excluding hydrogens is 450 g/mol. The van der Waals surface area contributed by atoms with E-state index in [0.717, 1.165) is 17.4 Å². The summed E-state index contributed by atoms with van der Waals surface area (Å²) in [7, 11) is -1.75. The molecule has 0 aromatic heterocycles. The number of carbonyl (C=O) groups is 1. The van der Waals surface area contributed by atoms with Gasteiger partial charge in [-0.15, -0.1) is 0 Å². The highest BCUT2D eigenvalue weighted by molar-refractivity contribution is 7.90. The van der Waals surface area contributed by atoms with Crippen molar-refractivity contribution >= 4 is 27.3 Å². The number of benzene rings is 3. The van der Waals surface area contributed by atoms with Gasteiger partial charge >= 0.3 is 0 Å². The number of ether oxygens (including phenoxy) is 2. The number of hydrogen-bond donors (Lipinski definition) is 1. The predicted molar refractivity (Wildman–Crippen MR) is 124 cm³/mol. The van der Waals surface area contributed by atoms with Crippen LogP contribution in [0.2, 0.25) is 5.02 Å². The van der Waals surface area contributed by atoms with Crippen LogP contribution in [-0.2, 0) is 16.4 Å². The molecule has 168 valence electrons. The van der Waals surface area contributed by atoms with Gasteiger partial charge in [-0.2, -0.15) is 0 Å². The van der Waals surface area contributed by atoms with E-state index in [0.29, 0.717) is 28.7 Å². The second-order valence-corrected chi connectivity index (χ2v) is 9.77. The highest BCUT2D eigenvalue weighted by Crippen LogP contribution is 2.29. The van der Waals surface area contributed by atoms with Crippen LogP contribution in [0.15, 0.2) is 71.6 Å². The van der Waals surface area contributed by atoms with E-state index in [1.54, 1.807) is 42.5 Å². The molecule has 1 amide bonds. The van der Waals surface area contributed by atoms with Crippen molar-refractivity contribution in [3.05, 3.63) is 88.4 Å². The summed E-state index contributed by atoms with van der Waals surface area (Å²) in [6.07, 6.45) is 1.16. The lowest BCUT2D eigenvalue weighted by Gasteiger charge is -2.16. The molecule has 3 aromatic carbocycles. The standard InChI is InChI=1S/C24H24ClNO5S/c1-16(18-6-11-21(12-7-18)32(3,28)29)26-24(27)19-8-13-22(23(14-19)30-2)31-15-17-4-9-20(25)10-5-17/h4-14,16H,15H2,1-3H3,(H,26,27)/t16-/m0/s1. The zero-order valence-electron chi connectivity index (χ0n) is 18.0. The SMILES string of the molecule is COc1cc(C(=O)N[C@@H](C)c2ccc(S(C)(=O)=O)cc2)ccc1OCc1ccc(Cl)cc1. The number of sulfone groups is 1. The van der Waals surface area contributed by atoms with Gasteiger partial charge in [0.1, 0.15) is 6.61 Å². The van der Waals surface area contributed by atoms with Crippen molar-refractivity contribution in [2.75, 3.05) is 13.4 Å². The molecule has 32 heavy (non-hydrogen) atoms. The molecule has 0 fully saturated rings. The Morgan fingerprint density at radius 2 is 1.66 bits per heavy atom. The lowest BCUT2D eigenvalue weighted by molar-refractivity contribution is 0.0939. The Balaban J connectivity index is 1.67. The van der Waals surface area contributed by atoms with Crippen LogP contribution in [0.3, 0.4) is 0 Å². The van der Waals surface area contributed by atoms with Crippen molar-refractivity contribution in [3.8, 4) is 11.5 Å². The molecule has 0 unspecified atom stereocenters. The van der Waals surface area contributed by atoms with E-state index in [9.17, 15) is 13.2 Å². The molecule has 0 aliphatic rings. The molecule has 0 saturated heterocycles. The van der Waals surface area contributed by atoms with Crippen LogP contribution >= 0.6 is 11.6 Å². The van der Waals surface area contributed by atoms with E-state index < -0.39 is 9.84 Å². The Morgan fingerprint density at radius 3 is 2.25 bits per heavy atom. The van der Waals surface area contributed by atoms with Crippen LogP contribution in [0.25, 0.3) is 0 Å². The van der Waals surface area contributed by atoms with E-state index in [-0.39, 0.29) is 16.8 Å². The van der Waals surface area contributed by atoms with E-state index in [4.69, 9.17) is 21.1 Å². The third-order valence-corrected chi connectivity index (χ3v) is 6.27. The molecule has 8 heteroatoms. The average Bonchev–Trinajstić information content (AvgIpc) is 2.78. The van der Waals surface area contributed by atoms with Crippen LogP contribution < -0.4 is 14.8 Å². The third-order valence-electron chi connectivity index (χ3n) is 4.89. The fourth-order valence-electron chi connectivity index (χ4n) is 3.04. The second-order valence-electron chi connectivity index (χ2n) is 7.32. The molecule has 0 bridgehead atoms. The van der Waals surface area contributed by atoms with E-state index >= 15 is 0 Å². The van der Waals surface area contributed by atoms with Gasteiger partial charge in [0.15, 0.2) is 21.3 Å². The summed E-state index contributed by atoms with van der Waals surface area (Å²) in [4.78, 5) is 13.0. The largest absolute Gasteiger partial charge is 0.493 e. The van der Waals surface area contributed by atoms with E-state index in [1.807, 2.05) is 19.1 Å². The average molecular weight is 474 g/mol. The van der Waals surface area contributed by atoms with Gasteiger partial charge in [0.05, 0.1) is 18.0 Å². The van der Waals surface area contributed by atoms with Crippen LogP contribution in [0, 0.1) is 0 Å². The summed E-state index contributed by atoms with van der Waals surface area (Å²) in [5.41, 5.74) is 2.16. The normalized spacial score (nSPS) is 12.1. The third kappa shape index (κ3) is 6.02. The van der Waals surface area contributed by atoms with Crippen molar-refractivity contribution < 1.29 is 22.7 Å². The number of nitrogens with one attached hydrogen (secondary N) is 1. The summed E-state index contributed by atoms with van der Waals surface area (Å²) in [6, 6.07) is 18.4. The maximum absolute atomic E-state index is 12.7. The first-order valence-electron chi connectivity index (χ1n) is 9.83. The minimum Gasteiger partial charge on any atom is -0.493 e. The second kappa shape index (κ2) is 10.1. The fourth-order valence-corrected chi connectivity index (χ4v) is 3.79. The molecule has 3 rings (SSSR count). The molecule has 0 aliphatic carbocycles. The first kappa shape index (κ1) is 23.6. The minimum atomic E-state index is -3.27. The number of amides is 1. The molecule has 0 spiro atoms. The van der Waals surface area contributed by atoms with Gasteiger partial charge in [-0.3, -0.25) is 4.79 Å². The van der Waals surface area contributed by atoms with Gasteiger partial charge in [-0.1, -0.05) is 35.9 Å². The zero-order valence-corrected chi connectivity index (χ0v) is 19.5. The van der Waals surface area contributed by atoms with E-state index in [1.165, 1.54) is 19.2 Å². The number of carbonyl (C=O) groups excluding carboxylic acids is 1. The molecule has 3 aromatic rings. The van der Waals surface area contributed by atoms with Gasteiger partial charge < -0.3 is 14.8 Å². The van der Waals surface area contributed by atoms with Crippen molar-refractivity contribution in [2.45, 2.75) is 24.5 Å². The van der Waals surface area contributed by atoms with Gasteiger partial charge in [-0.25, -0.2) is 8.42 Å². The smallest absolute Gasteiger partial charge is 0.251 e. The van der Waals surface area contributed by atoms with Crippen LogP contribution in [0.5, 0.6) is 11.5 Å². The summed E-state index contributed by atoms with van der Waals surface area (Å²) in [5, 5.41) is 3.56. The van der Waals surface area contributed by atoms with E-state index in [2.05, 4.69) is 5.32 Å². The molecule has 0 radical (unpaired) electrons. The van der Waals surface area contributed by atoms with Gasteiger partial charge in [0, 0.05) is 16.8 Å². The Labute approximate surface area is 193 Å². The van der Waals surface area contributed by atoms with Crippen molar-refractivity contribution in [1.29, 1.82) is 0 Å². The van der Waals surface area contributed by atoms with Crippen LogP contribution in [0.1, 0.15) is 34.5 Å².